The summed E-state index contributed by atoms with van der Waals surface area (Å²) < 4.78 is 6.89. The summed E-state index contributed by atoms with van der Waals surface area (Å²) >= 11 is 0. The Hall–Kier alpha value is -1.46. The van der Waals surface area contributed by atoms with E-state index in [1.54, 1.807) is 0 Å². The summed E-state index contributed by atoms with van der Waals surface area (Å²) in [7, 11) is -1.88. The van der Waals surface area contributed by atoms with Gasteiger partial charge in [-0.25, -0.2) is 0 Å². The van der Waals surface area contributed by atoms with Gasteiger partial charge < -0.3 is 9.53 Å². The predicted molar refractivity (Wildman–Crippen MR) is 147 cm³/mol. The molecule has 1 aliphatic carbocycles. The van der Waals surface area contributed by atoms with Crippen LogP contribution in [-0.4, -0.2) is 25.2 Å². The number of hydrogen-bond acceptors (Lipinski definition) is 3. The first-order chi connectivity index (χ1) is 16.5. The van der Waals surface area contributed by atoms with Crippen LogP contribution in [-0.2, 0) is 14.0 Å². The molecule has 2 rings (SSSR count). The highest BCUT2D eigenvalue weighted by atomic mass is 28.4. The highest BCUT2D eigenvalue weighted by Crippen LogP contribution is 2.43. The van der Waals surface area contributed by atoms with Crippen molar-refractivity contribution in [1.82, 2.24) is 0 Å². The molecule has 0 heterocycles. The molecule has 0 aromatic heterocycles. The van der Waals surface area contributed by atoms with E-state index in [0.717, 1.165) is 44.9 Å². The molecule has 0 spiro atoms. The van der Waals surface area contributed by atoms with Gasteiger partial charge in [0.25, 0.3) is 0 Å². The van der Waals surface area contributed by atoms with Crippen LogP contribution in [0.15, 0.2) is 24.3 Å². The van der Waals surface area contributed by atoms with Gasteiger partial charge in [0, 0.05) is 18.8 Å². The Kier molecular flexibility index (Phi) is 11.7. The Labute approximate surface area is 215 Å². The fourth-order valence-corrected chi connectivity index (χ4v) is 6.35. The third-order valence-corrected chi connectivity index (χ3v) is 12.8. The van der Waals surface area contributed by atoms with E-state index in [0.29, 0.717) is 18.1 Å². The molecule has 1 fully saturated rings. The number of aliphatic carboxylic acids is 1. The van der Waals surface area contributed by atoms with E-state index in [4.69, 9.17) is 9.53 Å². The molecule has 1 aromatic rings. The van der Waals surface area contributed by atoms with Gasteiger partial charge in [-0.2, -0.15) is 0 Å². The number of ketones is 1. The number of carbonyl (C=O) groups is 2. The molecule has 4 nitrogen and oxygen atoms in total. The second-order valence-electron chi connectivity index (χ2n) is 12.1. The first-order valence-corrected chi connectivity index (χ1v) is 16.9. The number of unbranched alkanes of at least 4 members (excludes halogenated alkanes) is 5. The molecular formula is C30H50O4Si. The van der Waals surface area contributed by atoms with E-state index in [9.17, 15) is 9.59 Å². The van der Waals surface area contributed by atoms with Crippen LogP contribution in [0.3, 0.4) is 0 Å². The van der Waals surface area contributed by atoms with Crippen molar-refractivity contribution in [2.24, 2.45) is 5.92 Å². The van der Waals surface area contributed by atoms with Gasteiger partial charge in [0.05, 0.1) is 6.10 Å². The molecule has 1 N–H and O–H groups in total. The number of rotatable bonds is 15. The molecule has 1 aromatic carbocycles. The van der Waals surface area contributed by atoms with Crippen LogP contribution in [0.2, 0.25) is 18.1 Å². The maximum atomic E-state index is 12.6. The smallest absolute Gasteiger partial charge is 0.303 e. The summed E-state index contributed by atoms with van der Waals surface area (Å²) in [5.74, 6) is 0.115. The minimum absolute atomic E-state index is 0.115. The van der Waals surface area contributed by atoms with Gasteiger partial charge in [-0.3, -0.25) is 9.59 Å². The lowest BCUT2D eigenvalue weighted by molar-refractivity contribution is -0.137. The minimum Gasteiger partial charge on any atom is -0.481 e. The molecule has 3 atom stereocenters. The molecule has 1 saturated carbocycles. The third-order valence-electron chi connectivity index (χ3n) is 8.31. The van der Waals surface area contributed by atoms with Gasteiger partial charge in [-0.05, 0) is 60.9 Å². The minimum atomic E-state index is -1.88. The molecule has 0 saturated heterocycles. The van der Waals surface area contributed by atoms with Gasteiger partial charge in [-0.15, -0.1) is 0 Å². The quantitative estimate of drug-likeness (QED) is 0.192. The Balaban J connectivity index is 2.05. The van der Waals surface area contributed by atoms with Crippen LogP contribution in [0.25, 0.3) is 0 Å². The van der Waals surface area contributed by atoms with Crippen molar-refractivity contribution in [3.8, 4) is 0 Å². The second kappa shape index (κ2) is 13.7. The molecule has 1 unspecified atom stereocenters. The van der Waals surface area contributed by atoms with E-state index in [1.165, 1.54) is 30.4 Å². The standard InChI is InChI=1S/C30H50O4Si/c1-7-8-11-15-28(34-35(5,6)30(2,3)4)24-19-17-23(18-20-24)25-21-22-27(31)26(25)14-12-9-10-13-16-29(32)33/h17-20,25-26,28H,7-16,21-22H2,1-6H3,(H,32,33)/t25-,26-,28?/m1/s1. The maximum Gasteiger partial charge on any atom is 0.303 e. The molecule has 0 aliphatic heterocycles. The van der Waals surface area contributed by atoms with Gasteiger partial charge in [0.2, 0.25) is 0 Å². The molecule has 35 heavy (non-hydrogen) atoms. The summed E-state index contributed by atoms with van der Waals surface area (Å²) in [6.07, 6.45) is 11.3. The van der Waals surface area contributed by atoms with E-state index >= 15 is 0 Å². The van der Waals surface area contributed by atoms with Crippen molar-refractivity contribution < 1.29 is 19.1 Å². The number of benzene rings is 1. The summed E-state index contributed by atoms with van der Waals surface area (Å²) in [6, 6.07) is 9.01. The Morgan fingerprint density at radius 2 is 1.71 bits per heavy atom. The normalized spacial score (nSPS) is 19.8. The van der Waals surface area contributed by atoms with Crippen LogP contribution in [0, 0.1) is 5.92 Å². The lowest BCUT2D eigenvalue weighted by Gasteiger charge is -2.39. The predicted octanol–water partition coefficient (Wildman–Crippen LogP) is 8.82. The molecular weight excluding hydrogens is 452 g/mol. The van der Waals surface area contributed by atoms with Crippen LogP contribution in [0.4, 0.5) is 0 Å². The third kappa shape index (κ3) is 9.17. The zero-order chi connectivity index (χ0) is 26.1. The number of carboxylic acids is 1. The van der Waals surface area contributed by atoms with E-state index < -0.39 is 14.3 Å². The van der Waals surface area contributed by atoms with Crippen LogP contribution in [0.1, 0.15) is 128 Å². The van der Waals surface area contributed by atoms with E-state index in [2.05, 4.69) is 65.1 Å². The Morgan fingerprint density at radius 3 is 2.31 bits per heavy atom. The zero-order valence-corrected chi connectivity index (χ0v) is 24.2. The highest BCUT2D eigenvalue weighted by Gasteiger charge is 2.39. The average molecular weight is 503 g/mol. The van der Waals surface area contributed by atoms with E-state index in [-0.39, 0.29) is 23.5 Å². The first kappa shape index (κ1) is 29.8. The van der Waals surface area contributed by atoms with Crippen molar-refractivity contribution in [2.75, 3.05) is 0 Å². The summed E-state index contributed by atoms with van der Waals surface area (Å²) in [5.41, 5.74) is 2.56. The molecule has 0 amide bonds. The fourth-order valence-electron chi connectivity index (χ4n) is 5.03. The number of hydrogen-bond donors (Lipinski definition) is 1. The van der Waals surface area contributed by atoms with Crippen molar-refractivity contribution in [3.63, 3.8) is 0 Å². The Bertz CT molecular complexity index is 794. The van der Waals surface area contributed by atoms with Crippen molar-refractivity contribution in [2.45, 2.75) is 135 Å². The zero-order valence-electron chi connectivity index (χ0n) is 23.2. The molecule has 1 aliphatic rings. The van der Waals surface area contributed by atoms with Gasteiger partial charge in [-0.1, -0.05) is 90.5 Å². The van der Waals surface area contributed by atoms with Gasteiger partial charge in [0.1, 0.15) is 5.78 Å². The van der Waals surface area contributed by atoms with Crippen molar-refractivity contribution >= 4 is 20.1 Å². The van der Waals surface area contributed by atoms with Crippen molar-refractivity contribution in [3.05, 3.63) is 35.4 Å². The molecule has 0 bridgehead atoms. The van der Waals surface area contributed by atoms with Gasteiger partial charge >= 0.3 is 5.97 Å². The van der Waals surface area contributed by atoms with Crippen molar-refractivity contribution in [1.29, 1.82) is 0 Å². The largest absolute Gasteiger partial charge is 0.481 e. The first-order valence-electron chi connectivity index (χ1n) is 14.0. The molecule has 198 valence electrons. The fraction of sp³-hybridized carbons (Fsp3) is 0.733. The number of Topliss-reactive ketones (excluding diaryl/α,β-unsaturated/α-hetero) is 1. The second-order valence-corrected chi connectivity index (χ2v) is 16.9. The highest BCUT2D eigenvalue weighted by molar-refractivity contribution is 6.74. The Morgan fingerprint density at radius 1 is 1.06 bits per heavy atom. The summed E-state index contributed by atoms with van der Waals surface area (Å²) in [6.45, 7) is 13.8. The van der Waals surface area contributed by atoms with Crippen LogP contribution >= 0.6 is 0 Å². The maximum absolute atomic E-state index is 12.6. The SMILES string of the molecule is CCCCCC(O[Si](C)(C)C(C)(C)C)c1ccc([C@H]2CCC(=O)[C@@H]2CCCCCCC(=O)O)cc1. The molecule has 0 radical (unpaired) electrons. The van der Waals surface area contributed by atoms with Gasteiger partial charge in [0.15, 0.2) is 8.32 Å². The lowest BCUT2D eigenvalue weighted by atomic mass is 9.84. The summed E-state index contributed by atoms with van der Waals surface area (Å²) in [4.78, 5) is 23.3. The average Bonchev–Trinajstić information content (AvgIpc) is 3.15. The molecule has 5 heteroatoms. The number of carbonyl (C=O) groups excluding carboxylic acids is 1. The lowest BCUT2D eigenvalue weighted by Crippen LogP contribution is -2.41. The van der Waals surface area contributed by atoms with Crippen LogP contribution < -0.4 is 0 Å². The monoisotopic (exact) mass is 502 g/mol. The topological polar surface area (TPSA) is 63.6 Å². The number of carboxylic acid groups (broad SMARTS) is 1. The summed E-state index contributed by atoms with van der Waals surface area (Å²) in [5, 5.41) is 8.97. The van der Waals surface area contributed by atoms with E-state index in [1.807, 2.05) is 0 Å². The van der Waals surface area contributed by atoms with Crippen LogP contribution in [0.5, 0.6) is 0 Å².